The first-order chi connectivity index (χ1) is 14.4. The van der Waals surface area contributed by atoms with Crippen LogP contribution in [0.2, 0.25) is 0 Å². The summed E-state index contributed by atoms with van der Waals surface area (Å²) in [5.74, 6) is 1.30. The summed E-state index contributed by atoms with van der Waals surface area (Å²) >= 11 is 1.72. The second kappa shape index (κ2) is 15.1. The van der Waals surface area contributed by atoms with E-state index in [1.54, 1.807) is 11.3 Å². The van der Waals surface area contributed by atoms with Crippen molar-refractivity contribution in [2.45, 2.75) is 78.6 Å². The zero-order valence-electron chi connectivity index (χ0n) is 19.9. The smallest absolute Gasteiger partial charge is 0.0897 e. The summed E-state index contributed by atoms with van der Waals surface area (Å²) in [7, 11) is 1.50. The van der Waals surface area contributed by atoms with Gasteiger partial charge in [-0.25, -0.2) is 4.98 Å². The number of hydrogen-bond acceptors (Lipinski definition) is 6. The van der Waals surface area contributed by atoms with Crippen molar-refractivity contribution in [2.24, 2.45) is 11.5 Å². The minimum absolute atomic E-state index is 0.579. The van der Waals surface area contributed by atoms with E-state index < -0.39 is 0 Å². The van der Waals surface area contributed by atoms with Crippen molar-refractivity contribution >= 4 is 17.0 Å². The van der Waals surface area contributed by atoms with Crippen molar-refractivity contribution < 1.29 is 0 Å². The van der Waals surface area contributed by atoms with Crippen molar-refractivity contribution in [1.29, 1.82) is 0 Å². The summed E-state index contributed by atoms with van der Waals surface area (Å²) in [6.07, 6.45) is 6.14. The highest BCUT2D eigenvalue weighted by atomic mass is 32.1. The lowest BCUT2D eigenvalue weighted by Gasteiger charge is -2.11. The summed E-state index contributed by atoms with van der Waals surface area (Å²) < 4.78 is 0. The molecule has 1 saturated carbocycles. The monoisotopic (exact) mass is 433 g/mol. The number of nitrogens with zero attached hydrogens (tertiary/aromatic N) is 2. The summed E-state index contributed by atoms with van der Waals surface area (Å²) in [6, 6.07) is 0. The number of fused-ring (bicyclic) bond motifs is 1. The van der Waals surface area contributed by atoms with E-state index >= 15 is 0 Å². The first-order valence-electron chi connectivity index (χ1n) is 10.9. The lowest BCUT2D eigenvalue weighted by molar-refractivity contribution is 0.829. The molecule has 0 amide bonds. The Labute approximate surface area is 188 Å². The molecule has 2 heterocycles. The van der Waals surface area contributed by atoms with E-state index in [1.807, 2.05) is 13.8 Å². The van der Waals surface area contributed by atoms with E-state index in [0.717, 1.165) is 31.0 Å². The number of nitrogens with two attached hydrogens (primary N) is 3. The molecule has 2 aromatic heterocycles. The maximum Gasteiger partial charge on any atom is 0.0897 e. The van der Waals surface area contributed by atoms with Crippen LogP contribution in [0.15, 0.2) is 18.5 Å². The average molecular weight is 434 g/mol. The highest BCUT2D eigenvalue weighted by Crippen LogP contribution is 2.43. The molecule has 6 N–H and O–H groups in total. The van der Waals surface area contributed by atoms with Crippen LogP contribution in [0.25, 0.3) is 0 Å². The van der Waals surface area contributed by atoms with E-state index in [0.29, 0.717) is 5.92 Å². The van der Waals surface area contributed by atoms with Crippen LogP contribution >= 0.6 is 11.3 Å². The van der Waals surface area contributed by atoms with Crippen LogP contribution in [0.5, 0.6) is 0 Å². The molecule has 30 heavy (non-hydrogen) atoms. The molecule has 2 aromatic rings. The normalized spacial score (nSPS) is 13.4. The second-order valence-electron chi connectivity index (χ2n) is 7.44. The molecule has 1 fully saturated rings. The first kappa shape index (κ1) is 28.2. The number of hydrogen-bond donors (Lipinski definition) is 3. The van der Waals surface area contributed by atoms with Gasteiger partial charge < -0.3 is 17.2 Å². The molecular formula is C24H43N5S. The Morgan fingerprint density at radius 1 is 1.13 bits per heavy atom. The molecule has 2 aliphatic rings. The fourth-order valence-electron chi connectivity index (χ4n) is 3.13. The lowest BCUT2D eigenvalue weighted by Crippen LogP contribution is -2.04. The molecule has 2 aliphatic carbocycles. The van der Waals surface area contributed by atoms with Gasteiger partial charge in [0.1, 0.15) is 0 Å². The zero-order valence-corrected chi connectivity index (χ0v) is 20.7. The Balaban J connectivity index is 0.000000456. The Morgan fingerprint density at radius 2 is 1.70 bits per heavy atom. The Bertz CT molecular complexity index is 735. The molecular weight excluding hydrogens is 390 g/mol. The highest BCUT2D eigenvalue weighted by Gasteiger charge is 2.29. The van der Waals surface area contributed by atoms with Gasteiger partial charge in [0.05, 0.1) is 10.7 Å². The molecule has 6 heteroatoms. The fourth-order valence-corrected chi connectivity index (χ4v) is 3.91. The van der Waals surface area contributed by atoms with Crippen LogP contribution in [0.3, 0.4) is 0 Å². The molecule has 0 aliphatic heterocycles. The molecule has 0 atom stereocenters. The van der Waals surface area contributed by atoms with Gasteiger partial charge in [0.2, 0.25) is 0 Å². The number of rotatable bonds is 2. The minimum Gasteiger partial charge on any atom is -0.398 e. The molecule has 170 valence electrons. The van der Waals surface area contributed by atoms with Gasteiger partial charge in [0, 0.05) is 28.4 Å². The quantitative estimate of drug-likeness (QED) is 0.561. The summed E-state index contributed by atoms with van der Waals surface area (Å²) in [5, 5.41) is 3.29. The molecule has 0 saturated heterocycles. The van der Waals surface area contributed by atoms with E-state index in [1.165, 1.54) is 59.5 Å². The summed E-state index contributed by atoms with van der Waals surface area (Å²) in [6.45, 7) is 17.1. The zero-order chi connectivity index (χ0) is 23.3. The van der Waals surface area contributed by atoms with Gasteiger partial charge in [-0.05, 0) is 76.6 Å². The van der Waals surface area contributed by atoms with Crippen LogP contribution in [-0.4, -0.2) is 23.6 Å². The van der Waals surface area contributed by atoms with Crippen molar-refractivity contribution in [3.05, 3.63) is 51.8 Å². The number of pyridine rings is 1. The average Bonchev–Trinajstić information content (AvgIpc) is 3.31. The van der Waals surface area contributed by atoms with Crippen molar-refractivity contribution in [3.63, 3.8) is 0 Å². The Morgan fingerprint density at radius 3 is 2.10 bits per heavy atom. The fraction of sp³-hybridized carbons (Fsp3) is 0.583. The number of aromatic nitrogens is 2. The van der Waals surface area contributed by atoms with Gasteiger partial charge in [-0.2, -0.15) is 0 Å². The number of anilines is 1. The van der Waals surface area contributed by atoms with Crippen LogP contribution < -0.4 is 17.2 Å². The minimum atomic E-state index is 0.579. The largest absolute Gasteiger partial charge is 0.398 e. The predicted octanol–water partition coefficient (Wildman–Crippen LogP) is 5.26. The van der Waals surface area contributed by atoms with E-state index in [4.69, 9.17) is 16.5 Å². The maximum atomic E-state index is 6.16. The predicted molar refractivity (Wildman–Crippen MR) is 134 cm³/mol. The van der Waals surface area contributed by atoms with E-state index in [9.17, 15) is 0 Å². The van der Waals surface area contributed by atoms with Crippen LogP contribution in [0.4, 0.5) is 5.69 Å². The lowest BCUT2D eigenvalue weighted by atomic mass is 10.0. The van der Waals surface area contributed by atoms with Gasteiger partial charge in [-0.1, -0.05) is 20.8 Å². The molecule has 5 nitrogen and oxygen atoms in total. The molecule has 0 unspecified atom stereocenters. The molecule has 0 radical (unpaired) electrons. The number of aryl methyl sites for hydroxylation is 2. The third-order valence-corrected chi connectivity index (χ3v) is 5.54. The van der Waals surface area contributed by atoms with Crippen LogP contribution in [0.1, 0.15) is 85.1 Å². The summed E-state index contributed by atoms with van der Waals surface area (Å²) in [4.78, 5) is 9.12. The molecule has 0 bridgehead atoms. The maximum absolute atomic E-state index is 6.16. The SMILES string of the molecule is C=C.CCN.CN.Cc1c(C2CC2)nc2c(c1N)CCC2.Cc1nc(C(C)C)cs1. The van der Waals surface area contributed by atoms with Crippen molar-refractivity contribution in [2.75, 3.05) is 19.3 Å². The third kappa shape index (κ3) is 8.54. The molecule has 0 spiro atoms. The van der Waals surface area contributed by atoms with Gasteiger partial charge in [-0.3, -0.25) is 4.98 Å². The topological polar surface area (TPSA) is 104 Å². The highest BCUT2D eigenvalue weighted by molar-refractivity contribution is 7.09. The molecule has 0 aromatic carbocycles. The van der Waals surface area contributed by atoms with Crippen molar-refractivity contribution in [1.82, 2.24) is 9.97 Å². The van der Waals surface area contributed by atoms with Crippen LogP contribution in [0, 0.1) is 13.8 Å². The van der Waals surface area contributed by atoms with Gasteiger partial charge in [0.15, 0.2) is 0 Å². The van der Waals surface area contributed by atoms with Crippen molar-refractivity contribution in [3.8, 4) is 0 Å². The standard InChI is InChI=1S/C12H16N2.C7H11NS.C2H7N.C2H4.CH5N/c1-7-11(13)9-3-2-4-10(9)14-12(7)8-5-6-8;1-5(2)7-4-9-6(3)8-7;1-2-3;2*1-2/h8H,2-6H2,1H3,(H2,13,14);4-5H,1-3H3;2-3H2,1H3;1-2H2;2H2,1H3. The number of thiazole rings is 1. The Hall–Kier alpha value is -1.76. The Kier molecular flexibility index (Phi) is 14.2. The number of nitrogen functional groups attached to an aromatic ring is 1. The third-order valence-electron chi connectivity index (χ3n) is 4.75. The second-order valence-corrected chi connectivity index (χ2v) is 8.51. The van der Waals surface area contributed by atoms with Gasteiger partial charge >= 0.3 is 0 Å². The van der Waals surface area contributed by atoms with Gasteiger partial charge in [-0.15, -0.1) is 24.5 Å². The summed E-state index contributed by atoms with van der Waals surface area (Å²) in [5.41, 5.74) is 22.9. The molecule has 4 rings (SSSR count). The van der Waals surface area contributed by atoms with Gasteiger partial charge in [0.25, 0.3) is 0 Å². The van der Waals surface area contributed by atoms with E-state index in [2.05, 4.69) is 50.0 Å². The van der Waals surface area contributed by atoms with Crippen LogP contribution in [-0.2, 0) is 12.8 Å². The first-order valence-corrected chi connectivity index (χ1v) is 11.7. The van der Waals surface area contributed by atoms with E-state index in [-0.39, 0.29) is 0 Å².